The molecular weight excluding hydrogens is 440 g/mol. The predicted molar refractivity (Wildman–Crippen MR) is 102 cm³/mol. The number of fused-ring (bicyclic) bond motifs is 5. The second-order valence-electron chi connectivity index (χ2n) is 8.79. The summed E-state index contributed by atoms with van der Waals surface area (Å²) in [6.45, 7) is 1.76. The molecule has 2 saturated carbocycles. The van der Waals surface area contributed by atoms with Crippen LogP contribution in [-0.4, -0.2) is 47.7 Å². The maximum Gasteiger partial charge on any atom is 0.400 e. The van der Waals surface area contributed by atoms with Gasteiger partial charge in [-0.05, 0) is 54.7 Å². The number of aliphatic hydroxyl groups is 2. The van der Waals surface area contributed by atoms with Gasteiger partial charge in [0.2, 0.25) is 5.79 Å². The lowest BCUT2D eigenvalue weighted by Gasteiger charge is -2.52. The molecule has 2 fully saturated rings. The van der Waals surface area contributed by atoms with Crippen LogP contribution in [0.2, 0.25) is 0 Å². The molecule has 0 aliphatic heterocycles. The molecule has 0 spiro atoms. The molecule has 0 amide bonds. The Bertz CT molecular complexity index is 1040. The Kier molecular flexibility index (Phi) is 4.92. The van der Waals surface area contributed by atoms with Crippen LogP contribution in [0.15, 0.2) is 36.0 Å². The summed E-state index contributed by atoms with van der Waals surface area (Å²) in [7, 11) is -9.70. The molecule has 4 rings (SSSR count). The van der Waals surface area contributed by atoms with Gasteiger partial charge < -0.3 is 10.2 Å². The fourth-order valence-electron chi connectivity index (χ4n) is 5.93. The van der Waals surface area contributed by atoms with Crippen molar-refractivity contribution in [3.63, 3.8) is 0 Å². The molecule has 0 aromatic rings. The third-order valence-electron chi connectivity index (χ3n) is 7.22. The molecule has 10 nitrogen and oxygen atoms in total. The van der Waals surface area contributed by atoms with E-state index in [2.05, 4.69) is 4.18 Å². The molecular formula is C18H24O10S2. The Morgan fingerprint density at radius 1 is 1.00 bits per heavy atom. The van der Waals surface area contributed by atoms with Crippen LogP contribution in [0.25, 0.3) is 0 Å². The predicted octanol–water partition coefficient (Wildman–Crippen LogP) is 1.13. The van der Waals surface area contributed by atoms with Gasteiger partial charge in [-0.2, -0.15) is 16.8 Å². The van der Waals surface area contributed by atoms with Crippen molar-refractivity contribution in [2.75, 3.05) is 0 Å². The van der Waals surface area contributed by atoms with Crippen molar-refractivity contribution in [3.8, 4) is 0 Å². The van der Waals surface area contributed by atoms with E-state index in [0.717, 1.165) is 0 Å². The number of hydrogen-bond donors (Lipinski definition) is 4. The minimum absolute atomic E-state index is 0.0248. The van der Waals surface area contributed by atoms with E-state index in [9.17, 15) is 27.0 Å². The Hall–Kier alpha value is -1.12. The van der Waals surface area contributed by atoms with Crippen molar-refractivity contribution in [1.82, 2.24) is 0 Å². The highest BCUT2D eigenvalue weighted by Gasteiger charge is 2.64. The standard InChI is InChI=1S/C18H24O10S2/c1-16-7-4-13-12-5-8-17(19,27-29(21,22)23)10-11(12)2-3-14(13)15(16)6-9-18(16,20)28-30(24,25)26/h2-3,5,8,10,12-15,19-20H,4,6-7,9H2,1H3,(H,21,22,23)(H,24,25,26)/t12-,13+,14+,15-,16-,17?,18?/m0/s1. The monoisotopic (exact) mass is 464 g/mol. The molecule has 4 aliphatic carbocycles. The summed E-state index contributed by atoms with van der Waals surface area (Å²) < 4.78 is 71.7. The molecule has 0 radical (unpaired) electrons. The van der Waals surface area contributed by atoms with Crippen LogP contribution in [0, 0.1) is 29.1 Å². The minimum atomic E-state index is -4.87. The highest BCUT2D eigenvalue weighted by Crippen LogP contribution is 2.64. The van der Waals surface area contributed by atoms with Crippen LogP contribution < -0.4 is 0 Å². The van der Waals surface area contributed by atoms with Crippen molar-refractivity contribution >= 4 is 20.8 Å². The van der Waals surface area contributed by atoms with Gasteiger partial charge in [0.05, 0.1) is 0 Å². The normalized spacial score (nSPS) is 45.4. The average molecular weight is 465 g/mol. The van der Waals surface area contributed by atoms with Crippen LogP contribution in [0.4, 0.5) is 0 Å². The van der Waals surface area contributed by atoms with Crippen molar-refractivity contribution in [1.29, 1.82) is 0 Å². The zero-order chi connectivity index (χ0) is 22.2. The first-order chi connectivity index (χ1) is 13.6. The quantitative estimate of drug-likeness (QED) is 0.269. The SMILES string of the molecule is C[C@]12CC[C@H]3[C@@H](C=CC4=CC(O)(OS(=O)(=O)O)C=C[C@@H]43)[C@@H]1CCC2(O)OS(=O)(=O)O. The van der Waals surface area contributed by atoms with E-state index < -0.39 is 37.8 Å². The number of rotatable bonds is 4. The van der Waals surface area contributed by atoms with Gasteiger partial charge in [-0.1, -0.05) is 25.2 Å². The van der Waals surface area contributed by atoms with Crippen molar-refractivity contribution < 1.29 is 44.5 Å². The van der Waals surface area contributed by atoms with Crippen molar-refractivity contribution in [2.45, 2.75) is 44.2 Å². The van der Waals surface area contributed by atoms with E-state index in [1.165, 1.54) is 12.2 Å². The number of hydrogen-bond acceptors (Lipinski definition) is 8. The van der Waals surface area contributed by atoms with Gasteiger partial charge >= 0.3 is 20.8 Å². The van der Waals surface area contributed by atoms with Crippen LogP contribution in [0.1, 0.15) is 32.6 Å². The Morgan fingerprint density at radius 3 is 2.30 bits per heavy atom. The van der Waals surface area contributed by atoms with E-state index in [4.69, 9.17) is 13.3 Å². The van der Waals surface area contributed by atoms with Gasteiger partial charge in [0, 0.05) is 17.8 Å². The van der Waals surface area contributed by atoms with Gasteiger partial charge in [-0.3, -0.25) is 9.11 Å². The maximum absolute atomic E-state index is 11.3. The topological polar surface area (TPSA) is 168 Å². The van der Waals surface area contributed by atoms with E-state index in [0.29, 0.717) is 24.8 Å². The summed E-state index contributed by atoms with van der Waals surface area (Å²) in [6, 6.07) is 0. The van der Waals surface area contributed by atoms with E-state index in [-0.39, 0.29) is 30.1 Å². The summed E-state index contributed by atoms with van der Waals surface area (Å²) in [4.78, 5) is 0. The van der Waals surface area contributed by atoms with Crippen molar-refractivity contribution in [2.24, 2.45) is 29.1 Å². The summed E-state index contributed by atoms with van der Waals surface area (Å²) in [5.74, 6) is -4.49. The Morgan fingerprint density at radius 2 is 1.67 bits per heavy atom. The van der Waals surface area contributed by atoms with Gasteiger partial charge in [0.25, 0.3) is 0 Å². The molecule has 0 heterocycles. The molecule has 168 valence electrons. The van der Waals surface area contributed by atoms with Crippen LogP contribution in [-0.2, 0) is 29.2 Å². The van der Waals surface area contributed by atoms with Crippen LogP contribution in [0.5, 0.6) is 0 Å². The lowest BCUT2D eigenvalue weighted by atomic mass is 9.54. The zero-order valence-corrected chi connectivity index (χ0v) is 17.7. The highest BCUT2D eigenvalue weighted by atomic mass is 32.3. The molecule has 4 aliphatic rings. The first-order valence-corrected chi connectivity index (χ1v) is 12.3. The molecule has 0 aromatic heterocycles. The van der Waals surface area contributed by atoms with Gasteiger partial charge in [-0.15, -0.1) is 0 Å². The second-order valence-corrected chi connectivity index (χ2v) is 10.8. The van der Waals surface area contributed by atoms with Crippen LogP contribution >= 0.6 is 0 Å². The smallest absolute Gasteiger partial charge is 0.364 e. The molecule has 0 aromatic carbocycles. The van der Waals surface area contributed by atoms with Crippen LogP contribution in [0.3, 0.4) is 0 Å². The fraction of sp³-hybridized carbons (Fsp3) is 0.667. The molecule has 4 N–H and O–H groups in total. The third-order valence-corrected chi connectivity index (χ3v) is 8.18. The van der Waals surface area contributed by atoms with Gasteiger partial charge in [0.15, 0.2) is 5.79 Å². The first kappa shape index (κ1) is 22.1. The lowest BCUT2D eigenvalue weighted by molar-refractivity contribution is -0.224. The average Bonchev–Trinajstić information content (AvgIpc) is 2.81. The molecule has 0 bridgehead atoms. The van der Waals surface area contributed by atoms with Crippen molar-refractivity contribution in [3.05, 3.63) is 36.0 Å². The summed E-state index contributed by atoms with van der Waals surface area (Å²) >= 11 is 0. The molecule has 2 unspecified atom stereocenters. The molecule has 7 atom stereocenters. The Balaban J connectivity index is 1.64. The summed E-state index contributed by atoms with van der Waals surface area (Å²) in [6.07, 6.45) is 9.30. The minimum Gasteiger partial charge on any atom is -0.364 e. The fourth-order valence-corrected chi connectivity index (χ4v) is 7.00. The maximum atomic E-state index is 11.3. The van der Waals surface area contributed by atoms with E-state index in [1.54, 1.807) is 19.1 Å². The molecule has 0 saturated heterocycles. The Labute approximate surface area is 174 Å². The van der Waals surface area contributed by atoms with Gasteiger partial charge in [-0.25, -0.2) is 8.37 Å². The van der Waals surface area contributed by atoms with E-state index >= 15 is 0 Å². The lowest BCUT2D eigenvalue weighted by Crippen LogP contribution is -2.53. The first-order valence-electron chi connectivity index (χ1n) is 9.56. The molecule has 12 heteroatoms. The second kappa shape index (κ2) is 6.69. The van der Waals surface area contributed by atoms with Gasteiger partial charge in [0.1, 0.15) is 0 Å². The highest BCUT2D eigenvalue weighted by molar-refractivity contribution is 7.81. The summed E-state index contributed by atoms with van der Waals surface area (Å²) in [5.41, 5.74) is -0.251. The number of allylic oxidation sites excluding steroid dienone is 4. The van der Waals surface area contributed by atoms with E-state index in [1.807, 2.05) is 6.08 Å². The zero-order valence-electron chi connectivity index (χ0n) is 16.1. The third kappa shape index (κ3) is 3.69. The summed E-state index contributed by atoms with van der Waals surface area (Å²) in [5, 5.41) is 21.3. The largest absolute Gasteiger partial charge is 0.400 e. The molecule has 30 heavy (non-hydrogen) atoms.